The predicted octanol–water partition coefficient (Wildman–Crippen LogP) is 1.69. The zero-order valence-corrected chi connectivity index (χ0v) is 9.95. The molecule has 1 heterocycles. The van der Waals surface area contributed by atoms with E-state index in [4.69, 9.17) is 5.11 Å². The first-order chi connectivity index (χ1) is 8.72. The Kier molecular flexibility index (Phi) is 3.96. The number of rotatable bonds is 2. The summed E-state index contributed by atoms with van der Waals surface area (Å²) >= 11 is 0. The summed E-state index contributed by atoms with van der Waals surface area (Å²) in [6.45, 7) is 0.632. The van der Waals surface area contributed by atoms with E-state index in [1.165, 1.54) is 6.07 Å². The van der Waals surface area contributed by atoms with Crippen LogP contribution in [0.2, 0.25) is 0 Å². The number of hydrogen-bond acceptors (Lipinski definition) is 2. The quantitative estimate of drug-likeness (QED) is 0.808. The van der Waals surface area contributed by atoms with Crippen LogP contribution < -0.4 is 4.90 Å². The number of amides is 1. The van der Waals surface area contributed by atoms with E-state index in [2.05, 4.69) is 11.8 Å². The number of aliphatic hydroxyl groups is 1. The number of benzene rings is 1. The Morgan fingerprint density at radius 2 is 2.28 bits per heavy atom. The van der Waals surface area contributed by atoms with Crippen LogP contribution in [0.25, 0.3) is 0 Å². The number of aliphatic hydroxyl groups excluding tert-OH is 1. The maximum absolute atomic E-state index is 13.5. The highest BCUT2D eigenvalue weighted by Gasteiger charge is 2.22. The Morgan fingerprint density at radius 3 is 2.94 bits per heavy atom. The highest BCUT2D eigenvalue weighted by molar-refractivity contribution is 5.95. The second kappa shape index (κ2) is 5.65. The molecule has 1 N–H and O–H groups in total. The zero-order chi connectivity index (χ0) is 13.0. The number of anilines is 1. The Labute approximate surface area is 105 Å². The minimum Gasteiger partial charge on any atom is -0.395 e. The van der Waals surface area contributed by atoms with E-state index in [9.17, 15) is 9.18 Å². The Morgan fingerprint density at radius 1 is 1.44 bits per heavy atom. The second-order valence-electron chi connectivity index (χ2n) is 4.09. The van der Waals surface area contributed by atoms with Gasteiger partial charge in [0.25, 0.3) is 0 Å². The molecule has 1 aromatic carbocycles. The standard InChI is InChI=1S/C14H14FNO2/c15-13-7-6-12(16-8-3-5-14(16)18)10-11(13)4-1-2-9-17/h6-7,10,17H,2-3,5,8-9H2. The average molecular weight is 247 g/mol. The molecule has 0 radical (unpaired) electrons. The van der Waals surface area contributed by atoms with Crippen molar-refractivity contribution in [2.24, 2.45) is 0 Å². The molecule has 0 unspecified atom stereocenters. The van der Waals surface area contributed by atoms with Crippen molar-refractivity contribution >= 4 is 11.6 Å². The maximum atomic E-state index is 13.5. The van der Waals surface area contributed by atoms with Crippen molar-refractivity contribution in [3.05, 3.63) is 29.6 Å². The fraction of sp³-hybridized carbons (Fsp3) is 0.357. The molecule has 1 fully saturated rings. The van der Waals surface area contributed by atoms with E-state index in [-0.39, 0.29) is 18.1 Å². The van der Waals surface area contributed by atoms with E-state index in [1.54, 1.807) is 17.0 Å². The van der Waals surface area contributed by atoms with Crippen LogP contribution in [-0.4, -0.2) is 24.2 Å². The third-order valence-electron chi connectivity index (χ3n) is 2.79. The summed E-state index contributed by atoms with van der Waals surface area (Å²) in [4.78, 5) is 13.2. The van der Waals surface area contributed by atoms with Crippen molar-refractivity contribution < 1.29 is 14.3 Å². The Balaban J connectivity index is 2.26. The van der Waals surface area contributed by atoms with Gasteiger partial charge in [-0.1, -0.05) is 11.8 Å². The Bertz CT molecular complexity index is 516. The molecule has 1 saturated heterocycles. The smallest absolute Gasteiger partial charge is 0.227 e. The van der Waals surface area contributed by atoms with Crippen molar-refractivity contribution in [3.8, 4) is 11.8 Å². The van der Waals surface area contributed by atoms with Gasteiger partial charge >= 0.3 is 0 Å². The summed E-state index contributed by atoms with van der Waals surface area (Å²) in [7, 11) is 0. The molecule has 0 atom stereocenters. The molecule has 0 saturated carbocycles. The van der Waals surface area contributed by atoms with Crippen LogP contribution in [0.4, 0.5) is 10.1 Å². The van der Waals surface area contributed by atoms with Gasteiger partial charge in [-0.3, -0.25) is 4.79 Å². The highest BCUT2D eigenvalue weighted by atomic mass is 19.1. The molecule has 4 heteroatoms. The summed E-state index contributed by atoms with van der Waals surface area (Å²) in [5.41, 5.74) is 0.952. The first-order valence-corrected chi connectivity index (χ1v) is 5.92. The molecule has 0 spiro atoms. The van der Waals surface area contributed by atoms with Gasteiger partial charge in [-0.25, -0.2) is 4.39 Å². The van der Waals surface area contributed by atoms with Crippen molar-refractivity contribution in [1.82, 2.24) is 0 Å². The van der Waals surface area contributed by atoms with Crippen LogP contribution in [0, 0.1) is 17.7 Å². The van der Waals surface area contributed by atoms with Crippen molar-refractivity contribution in [3.63, 3.8) is 0 Å². The number of carbonyl (C=O) groups excluding carboxylic acids is 1. The second-order valence-corrected chi connectivity index (χ2v) is 4.09. The van der Waals surface area contributed by atoms with Gasteiger partial charge < -0.3 is 10.0 Å². The normalized spacial score (nSPS) is 14.6. The van der Waals surface area contributed by atoms with Crippen molar-refractivity contribution in [2.75, 3.05) is 18.1 Å². The predicted molar refractivity (Wildman–Crippen MR) is 66.6 cm³/mol. The summed E-state index contributed by atoms with van der Waals surface area (Å²) in [6, 6.07) is 4.50. The minimum atomic E-state index is -0.407. The fourth-order valence-corrected chi connectivity index (χ4v) is 1.91. The van der Waals surface area contributed by atoms with Crippen LogP contribution >= 0.6 is 0 Å². The van der Waals surface area contributed by atoms with Crippen LogP contribution in [0.1, 0.15) is 24.8 Å². The first kappa shape index (κ1) is 12.6. The maximum Gasteiger partial charge on any atom is 0.227 e. The molecular weight excluding hydrogens is 233 g/mol. The van der Waals surface area contributed by atoms with E-state index in [1.807, 2.05) is 0 Å². The lowest BCUT2D eigenvalue weighted by Crippen LogP contribution is -2.23. The topological polar surface area (TPSA) is 40.5 Å². The van der Waals surface area contributed by atoms with E-state index in [0.29, 0.717) is 25.1 Å². The lowest BCUT2D eigenvalue weighted by Gasteiger charge is -2.15. The zero-order valence-electron chi connectivity index (χ0n) is 9.95. The van der Waals surface area contributed by atoms with Gasteiger partial charge in [0.05, 0.1) is 12.2 Å². The molecule has 1 aliphatic rings. The third kappa shape index (κ3) is 2.69. The van der Waals surface area contributed by atoms with Crippen molar-refractivity contribution in [2.45, 2.75) is 19.3 Å². The van der Waals surface area contributed by atoms with Gasteiger partial charge in [0.2, 0.25) is 5.91 Å². The number of carbonyl (C=O) groups is 1. The highest BCUT2D eigenvalue weighted by Crippen LogP contribution is 2.23. The molecule has 1 aliphatic heterocycles. The lowest BCUT2D eigenvalue weighted by atomic mass is 10.1. The van der Waals surface area contributed by atoms with Crippen LogP contribution in [-0.2, 0) is 4.79 Å². The molecule has 0 aromatic heterocycles. The van der Waals surface area contributed by atoms with E-state index in [0.717, 1.165) is 6.42 Å². The van der Waals surface area contributed by atoms with Gasteiger partial charge in [-0.2, -0.15) is 0 Å². The molecule has 94 valence electrons. The molecule has 3 nitrogen and oxygen atoms in total. The molecular formula is C14H14FNO2. The number of hydrogen-bond donors (Lipinski definition) is 1. The first-order valence-electron chi connectivity index (χ1n) is 5.92. The molecule has 1 aromatic rings. The monoisotopic (exact) mass is 247 g/mol. The molecule has 0 aliphatic carbocycles. The largest absolute Gasteiger partial charge is 0.395 e. The number of nitrogens with zero attached hydrogens (tertiary/aromatic N) is 1. The SMILES string of the molecule is O=C1CCCN1c1ccc(F)c(C#CCCO)c1. The molecule has 18 heavy (non-hydrogen) atoms. The lowest BCUT2D eigenvalue weighted by molar-refractivity contribution is -0.117. The van der Waals surface area contributed by atoms with Gasteiger partial charge in [0, 0.05) is 25.1 Å². The van der Waals surface area contributed by atoms with Gasteiger partial charge in [0.15, 0.2) is 0 Å². The fourth-order valence-electron chi connectivity index (χ4n) is 1.91. The molecule has 0 bridgehead atoms. The van der Waals surface area contributed by atoms with E-state index < -0.39 is 5.82 Å². The van der Waals surface area contributed by atoms with Gasteiger partial charge in [-0.05, 0) is 24.6 Å². The third-order valence-corrected chi connectivity index (χ3v) is 2.79. The summed E-state index contributed by atoms with van der Waals surface area (Å²) < 4.78 is 13.5. The van der Waals surface area contributed by atoms with Crippen LogP contribution in [0.3, 0.4) is 0 Å². The average Bonchev–Trinajstić information content (AvgIpc) is 2.78. The summed E-state index contributed by atoms with van der Waals surface area (Å²) in [5, 5.41) is 8.63. The number of halogens is 1. The summed E-state index contributed by atoms with van der Waals surface area (Å²) in [6.07, 6.45) is 1.69. The molecule has 1 amide bonds. The Hall–Kier alpha value is -1.86. The van der Waals surface area contributed by atoms with Crippen molar-refractivity contribution in [1.29, 1.82) is 0 Å². The molecule has 2 rings (SSSR count). The van der Waals surface area contributed by atoms with Gasteiger partial charge in [0.1, 0.15) is 5.82 Å². The minimum absolute atomic E-state index is 0.0427. The van der Waals surface area contributed by atoms with Crippen LogP contribution in [0.5, 0.6) is 0 Å². The summed E-state index contributed by atoms with van der Waals surface area (Å²) in [5.74, 6) is 5.01. The van der Waals surface area contributed by atoms with E-state index >= 15 is 0 Å². The van der Waals surface area contributed by atoms with Gasteiger partial charge in [-0.15, -0.1) is 0 Å². The van der Waals surface area contributed by atoms with Crippen LogP contribution in [0.15, 0.2) is 18.2 Å².